The molecule has 0 saturated carbocycles. The third-order valence-electron chi connectivity index (χ3n) is 5.34. The van der Waals surface area contributed by atoms with Crippen LogP contribution >= 0.6 is 0 Å². The molecule has 5 heteroatoms. The number of benzene rings is 1. The summed E-state index contributed by atoms with van der Waals surface area (Å²) in [6, 6.07) is 9.30. The number of hydrogen-bond acceptors (Lipinski definition) is 3. The molecule has 28 heavy (non-hydrogen) atoms. The highest BCUT2D eigenvalue weighted by atomic mass is 16.1. The zero-order valence-corrected chi connectivity index (χ0v) is 17.5. The second-order valence-electron chi connectivity index (χ2n) is 8.58. The van der Waals surface area contributed by atoms with Gasteiger partial charge in [-0.1, -0.05) is 38.1 Å². The number of nitrogens with zero attached hydrogens (tertiary/aromatic N) is 3. The Balaban J connectivity index is 1.43. The Hall–Kier alpha value is -2.14. The summed E-state index contributed by atoms with van der Waals surface area (Å²) in [7, 11) is 1.90. The zero-order chi connectivity index (χ0) is 19.9. The van der Waals surface area contributed by atoms with Crippen LogP contribution in [0.5, 0.6) is 0 Å². The average molecular weight is 383 g/mol. The van der Waals surface area contributed by atoms with Crippen LogP contribution < -0.4 is 5.32 Å². The van der Waals surface area contributed by atoms with Crippen LogP contribution in [0.15, 0.2) is 36.7 Å². The van der Waals surface area contributed by atoms with Gasteiger partial charge < -0.3 is 5.32 Å². The molecule has 1 aliphatic heterocycles. The maximum absolute atomic E-state index is 12.3. The largest absolute Gasteiger partial charge is 0.352 e. The highest BCUT2D eigenvalue weighted by Gasteiger charge is 2.21. The molecule has 2 aromatic rings. The van der Waals surface area contributed by atoms with Crippen molar-refractivity contribution in [1.82, 2.24) is 20.0 Å². The second-order valence-corrected chi connectivity index (χ2v) is 8.58. The minimum Gasteiger partial charge on any atom is -0.352 e. The van der Waals surface area contributed by atoms with E-state index >= 15 is 0 Å². The Kier molecular flexibility index (Phi) is 7.26. The second kappa shape index (κ2) is 9.87. The Morgan fingerprint density at radius 2 is 1.96 bits per heavy atom. The third-order valence-corrected chi connectivity index (χ3v) is 5.34. The summed E-state index contributed by atoms with van der Waals surface area (Å²) < 4.78 is 1.78. The third kappa shape index (κ3) is 6.48. The summed E-state index contributed by atoms with van der Waals surface area (Å²) in [4.78, 5) is 14.8. The molecule has 1 aromatic carbocycles. The monoisotopic (exact) mass is 382 g/mol. The van der Waals surface area contributed by atoms with Gasteiger partial charge >= 0.3 is 0 Å². The lowest BCUT2D eigenvalue weighted by molar-refractivity contribution is -0.122. The standard InChI is InChI=1S/C23H34N4O/c1-18(2)13-19-6-8-20(9-7-19)16-27-12-4-5-22(17-27)25-23(28)11-10-21-14-24-26(3)15-21/h6-9,14-15,18,22H,4-5,10-13,16-17H2,1-3H3,(H,25,28)/t22-/m1/s1. The molecule has 0 bridgehead atoms. The zero-order valence-electron chi connectivity index (χ0n) is 17.5. The fourth-order valence-corrected chi connectivity index (χ4v) is 3.99. The van der Waals surface area contributed by atoms with Gasteiger partial charge in [0.1, 0.15) is 0 Å². The molecule has 2 heterocycles. The molecule has 1 amide bonds. The molecule has 0 aliphatic carbocycles. The smallest absolute Gasteiger partial charge is 0.220 e. The molecule has 0 radical (unpaired) electrons. The van der Waals surface area contributed by atoms with Gasteiger partial charge in [0.25, 0.3) is 0 Å². The summed E-state index contributed by atoms with van der Waals surface area (Å²) in [6.45, 7) is 7.52. The van der Waals surface area contributed by atoms with Gasteiger partial charge in [-0.15, -0.1) is 0 Å². The van der Waals surface area contributed by atoms with Crippen molar-refractivity contribution in [1.29, 1.82) is 0 Å². The molecular weight excluding hydrogens is 348 g/mol. The number of hydrogen-bond donors (Lipinski definition) is 1. The van der Waals surface area contributed by atoms with Gasteiger partial charge in [-0.05, 0) is 54.8 Å². The lowest BCUT2D eigenvalue weighted by atomic mass is 10.0. The van der Waals surface area contributed by atoms with Crippen molar-refractivity contribution < 1.29 is 4.79 Å². The van der Waals surface area contributed by atoms with Gasteiger partial charge in [-0.2, -0.15) is 5.10 Å². The molecule has 5 nitrogen and oxygen atoms in total. The van der Waals surface area contributed by atoms with E-state index in [4.69, 9.17) is 0 Å². The highest BCUT2D eigenvalue weighted by Crippen LogP contribution is 2.16. The fraction of sp³-hybridized carbons (Fsp3) is 0.565. The van der Waals surface area contributed by atoms with E-state index < -0.39 is 0 Å². The quantitative estimate of drug-likeness (QED) is 0.762. The Labute approximate surface area is 169 Å². The van der Waals surface area contributed by atoms with Crippen LogP contribution in [-0.4, -0.2) is 39.7 Å². The first-order valence-electron chi connectivity index (χ1n) is 10.5. The maximum Gasteiger partial charge on any atom is 0.220 e. The Morgan fingerprint density at radius 3 is 2.64 bits per heavy atom. The molecule has 1 aromatic heterocycles. The molecule has 1 fully saturated rings. The van der Waals surface area contributed by atoms with Crippen LogP contribution in [0.25, 0.3) is 0 Å². The van der Waals surface area contributed by atoms with Gasteiger partial charge in [0.15, 0.2) is 0 Å². The number of aryl methyl sites for hydroxylation is 2. The van der Waals surface area contributed by atoms with Crippen molar-refractivity contribution in [2.24, 2.45) is 13.0 Å². The number of piperidine rings is 1. The summed E-state index contributed by atoms with van der Waals surface area (Å²) in [6.07, 6.45) is 8.43. The van der Waals surface area contributed by atoms with Gasteiger partial charge in [0.05, 0.1) is 6.20 Å². The number of rotatable bonds is 8. The van der Waals surface area contributed by atoms with Gasteiger partial charge in [0.2, 0.25) is 5.91 Å². The van der Waals surface area contributed by atoms with E-state index in [-0.39, 0.29) is 11.9 Å². The van der Waals surface area contributed by atoms with E-state index in [0.717, 1.165) is 50.9 Å². The van der Waals surface area contributed by atoms with Gasteiger partial charge in [0, 0.05) is 38.8 Å². The normalized spacial score (nSPS) is 17.8. The number of carbonyl (C=O) groups is 1. The number of likely N-dealkylation sites (tertiary alicyclic amines) is 1. The SMILES string of the molecule is CC(C)Cc1ccc(CN2CCC[C@@H](NC(=O)CCc3cnn(C)c3)C2)cc1. The molecular formula is C23H34N4O. The van der Waals surface area contributed by atoms with E-state index in [1.807, 2.05) is 19.4 Å². The van der Waals surface area contributed by atoms with E-state index in [2.05, 4.69) is 53.4 Å². The van der Waals surface area contributed by atoms with Crippen molar-refractivity contribution >= 4 is 5.91 Å². The summed E-state index contributed by atoms with van der Waals surface area (Å²) >= 11 is 0. The molecule has 3 rings (SSSR count). The molecule has 0 spiro atoms. The van der Waals surface area contributed by atoms with Gasteiger partial charge in [-0.25, -0.2) is 0 Å². The van der Waals surface area contributed by atoms with Crippen LogP contribution in [0, 0.1) is 5.92 Å². The number of amides is 1. The van der Waals surface area contributed by atoms with Crippen LogP contribution in [0.3, 0.4) is 0 Å². The van der Waals surface area contributed by atoms with Crippen LogP contribution in [-0.2, 0) is 31.2 Å². The maximum atomic E-state index is 12.3. The summed E-state index contributed by atoms with van der Waals surface area (Å²) in [5.41, 5.74) is 3.89. The lowest BCUT2D eigenvalue weighted by Crippen LogP contribution is -2.47. The molecule has 152 valence electrons. The van der Waals surface area contributed by atoms with Crippen molar-refractivity contribution in [3.8, 4) is 0 Å². The molecule has 1 N–H and O–H groups in total. The Morgan fingerprint density at radius 1 is 1.21 bits per heavy atom. The minimum absolute atomic E-state index is 0.147. The lowest BCUT2D eigenvalue weighted by Gasteiger charge is -2.33. The van der Waals surface area contributed by atoms with E-state index in [9.17, 15) is 4.79 Å². The fourth-order valence-electron chi connectivity index (χ4n) is 3.99. The predicted octanol–water partition coefficient (Wildman–Crippen LogP) is 3.33. The minimum atomic E-state index is 0.147. The van der Waals surface area contributed by atoms with E-state index in [0.29, 0.717) is 12.3 Å². The predicted molar refractivity (Wildman–Crippen MR) is 113 cm³/mol. The topological polar surface area (TPSA) is 50.2 Å². The molecule has 1 atom stereocenters. The molecule has 1 aliphatic rings. The summed E-state index contributed by atoms with van der Waals surface area (Å²) in [5, 5.41) is 7.39. The van der Waals surface area contributed by atoms with E-state index in [1.165, 1.54) is 11.1 Å². The highest BCUT2D eigenvalue weighted by molar-refractivity contribution is 5.76. The van der Waals surface area contributed by atoms with Crippen molar-refractivity contribution in [2.45, 2.75) is 58.5 Å². The van der Waals surface area contributed by atoms with Crippen molar-refractivity contribution in [3.63, 3.8) is 0 Å². The first-order valence-corrected chi connectivity index (χ1v) is 10.5. The van der Waals surface area contributed by atoms with Crippen LogP contribution in [0.4, 0.5) is 0 Å². The Bertz CT molecular complexity index is 750. The van der Waals surface area contributed by atoms with Crippen molar-refractivity contribution in [3.05, 3.63) is 53.3 Å². The molecule has 1 saturated heterocycles. The van der Waals surface area contributed by atoms with E-state index in [1.54, 1.807) is 4.68 Å². The summed E-state index contributed by atoms with van der Waals surface area (Å²) in [5.74, 6) is 0.837. The first-order chi connectivity index (χ1) is 13.5. The number of aromatic nitrogens is 2. The first kappa shape index (κ1) is 20.6. The van der Waals surface area contributed by atoms with Gasteiger partial charge in [-0.3, -0.25) is 14.4 Å². The molecule has 0 unspecified atom stereocenters. The number of nitrogens with one attached hydrogen (secondary N) is 1. The van der Waals surface area contributed by atoms with Crippen LogP contribution in [0.2, 0.25) is 0 Å². The van der Waals surface area contributed by atoms with Crippen LogP contribution in [0.1, 0.15) is 49.8 Å². The van der Waals surface area contributed by atoms with Crippen molar-refractivity contribution in [2.75, 3.05) is 13.1 Å². The average Bonchev–Trinajstić information content (AvgIpc) is 3.07. The number of carbonyl (C=O) groups excluding carboxylic acids is 1.